The molecule has 1 saturated heterocycles. The highest BCUT2D eigenvalue weighted by atomic mass is 32.1. The van der Waals surface area contributed by atoms with Gasteiger partial charge >= 0.3 is 5.97 Å². The Hall–Kier alpha value is -3.01. The number of nitrogens with one attached hydrogen (secondary N) is 2. The molecule has 0 bridgehead atoms. The molecular formula is C23H28N4O4S. The molecule has 2 aromatic rings. The van der Waals surface area contributed by atoms with Gasteiger partial charge in [-0.2, -0.15) is 5.10 Å². The summed E-state index contributed by atoms with van der Waals surface area (Å²) in [7, 11) is 1.36. The lowest BCUT2D eigenvalue weighted by Crippen LogP contribution is -2.42. The number of esters is 1. The van der Waals surface area contributed by atoms with Crippen molar-refractivity contribution in [1.29, 1.82) is 0 Å². The number of carbonyl (C=O) groups excluding carboxylic acids is 1. The third-order valence-electron chi connectivity index (χ3n) is 4.88. The number of carbonyl (C=O) groups is 1. The number of ether oxygens (including phenoxy) is 3. The minimum absolute atomic E-state index is 0.361. The largest absolute Gasteiger partial charge is 0.488 e. The first-order valence-corrected chi connectivity index (χ1v) is 10.8. The maximum Gasteiger partial charge on any atom is 0.337 e. The topological polar surface area (TPSA) is 84.4 Å². The fourth-order valence-electron chi connectivity index (χ4n) is 3.09. The Bertz CT molecular complexity index is 914. The molecule has 0 atom stereocenters. The third-order valence-corrected chi connectivity index (χ3v) is 5.11. The summed E-state index contributed by atoms with van der Waals surface area (Å²) in [6.07, 6.45) is 1.67. The molecule has 2 aromatic carbocycles. The summed E-state index contributed by atoms with van der Waals surface area (Å²) in [6, 6.07) is 14.7. The lowest BCUT2D eigenvalue weighted by Gasteiger charge is -2.26. The van der Waals surface area contributed by atoms with Gasteiger partial charge < -0.3 is 19.5 Å². The van der Waals surface area contributed by atoms with Gasteiger partial charge in [-0.1, -0.05) is 24.3 Å². The Balaban J connectivity index is 1.45. The zero-order valence-corrected chi connectivity index (χ0v) is 18.9. The van der Waals surface area contributed by atoms with Crippen molar-refractivity contribution in [3.63, 3.8) is 0 Å². The van der Waals surface area contributed by atoms with Crippen LogP contribution in [0.1, 0.15) is 21.5 Å². The van der Waals surface area contributed by atoms with E-state index in [9.17, 15) is 4.79 Å². The smallest absolute Gasteiger partial charge is 0.337 e. The molecule has 8 nitrogen and oxygen atoms in total. The van der Waals surface area contributed by atoms with E-state index >= 15 is 0 Å². The van der Waals surface area contributed by atoms with E-state index in [-0.39, 0.29) is 5.97 Å². The highest BCUT2D eigenvalue weighted by Crippen LogP contribution is 2.18. The molecule has 0 spiro atoms. The summed E-state index contributed by atoms with van der Waals surface area (Å²) in [5.74, 6) is 0.335. The van der Waals surface area contributed by atoms with E-state index in [0.717, 1.165) is 50.5 Å². The number of hydrogen-bond donors (Lipinski definition) is 2. The molecular weight excluding hydrogens is 428 g/mol. The Kier molecular flexibility index (Phi) is 9.42. The second-order valence-corrected chi connectivity index (χ2v) is 7.50. The lowest BCUT2D eigenvalue weighted by atomic mass is 10.1. The van der Waals surface area contributed by atoms with Crippen molar-refractivity contribution >= 4 is 29.5 Å². The van der Waals surface area contributed by atoms with E-state index in [1.165, 1.54) is 7.11 Å². The first-order valence-electron chi connectivity index (χ1n) is 10.4. The molecule has 0 saturated carbocycles. The molecule has 0 aliphatic carbocycles. The summed E-state index contributed by atoms with van der Waals surface area (Å²) < 4.78 is 16.0. The van der Waals surface area contributed by atoms with Crippen LogP contribution >= 0.6 is 12.2 Å². The van der Waals surface area contributed by atoms with Crippen LogP contribution in [0.15, 0.2) is 53.6 Å². The van der Waals surface area contributed by atoms with Gasteiger partial charge in [0.05, 0.1) is 32.1 Å². The summed E-state index contributed by atoms with van der Waals surface area (Å²) in [5, 5.41) is 7.84. The van der Waals surface area contributed by atoms with E-state index in [2.05, 4.69) is 20.7 Å². The van der Waals surface area contributed by atoms with E-state index in [4.69, 9.17) is 26.4 Å². The monoisotopic (exact) mass is 456 g/mol. The van der Waals surface area contributed by atoms with Crippen molar-refractivity contribution in [3.05, 3.63) is 65.2 Å². The molecule has 0 aromatic heterocycles. The van der Waals surface area contributed by atoms with Crippen LogP contribution in [0.4, 0.5) is 0 Å². The quantitative estimate of drug-likeness (QED) is 0.257. The number of methoxy groups -OCH3 is 1. The number of hydrazone groups is 1. The molecule has 1 aliphatic heterocycles. The van der Waals surface area contributed by atoms with E-state index in [1.807, 2.05) is 36.4 Å². The van der Waals surface area contributed by atoms with Gasteiger partial charge in [0, 0.05) is 31.7 Å². The number of thiocarbonyl (C=S) groups is 1. The Morgan fingerprint density at radius 2 is 1.94 bits per heavy atom. The fourth-order valence-corrected chi connectivity index (χ4v) is 3.24. The minimum Gasteiger partial charge on any atom is -0.488 e. The van der Waals surface area contributed by atoms with Gasteiger partial charge in [-0.15, -0.1) is 0 Å². The van der Waals surface area contributed by atoms with E-state index in [0.29, 0.717) is 23.0 Å². The highest BCUT2D eigenvalue weighted by molar-refractivity contribution is 7.80. The molecule has 0 radical (unpaired) electrons. The van der Waals surface area contributed by atoms with Crippen molar-refractivity contribution in [2.45, 2.75) is 6.61 Å². The standard InChI is InChI=1S/C23H28N4O4S/c1-29-22(28)19-8-6-18(7-9-19)17-31-21-5-3-2-4-20(21)16-25-26-23(32)24-10-11-27-12-14-30-15-13-27/h2-9,16H,10-15,17H2,1H3,(H2,24,26,32)/b25-16-. The van der Waals surface area contributed by atoms with Gasteiger partial charge in [-0.05, 0) is 42.0 Å². The van der Waals surface area contributed by atoms with Crippen LogP contribution in [-0.2, 0) is 16.1 Å². The molecule has 0 unspecified atom stereocenters. The van der Waals surface area contributed by atoms with Gasteiger partial charge in [0.2, 0.25) is 0 Å². The molecule has 2 N–H and O–H groups in total. The predicted octanol–water partition coefficient (Wildman–Crippen LogP) is 2.18. The number of benzene rings is 2. The van der Waals surface area contributed by atoms with Gasteiger partial charge in [0.1, 0.15) is 12.4 Å². The van der Waals surface area contributed by atoms with Crippen LogP contribution in [-0.4, -0.2) is 68.7 Å². The first kappa shape index (κ1) is 23.6. The normalized spacial score (nSPS) is 14.2. The second kappa shape index (κ2) is 12.7. The van der Waals surface area contributed by atoms with Gasteiger partial charge in [0.15, 0.2) is 5.11 Å². The molecule has 3 rings (SSSR count). The van der Waals surface area contributed by atoms with E-state index < -0.39 is 0 Å². The van der Waals surface area contributed by atoms with Crippen molar-refractivity contribution in [2.24, 2.45) is 5.10 Å². The lowest BCUT2D eigenvalue weighted by molar-refractivity contribution is 0.0389. The molecule has 1 fully saturated rings. The Labute approximate surface area is 193 Å². The Morgan fingerprint density at radius 1 is 1.19 bits per heavy atom. The average Bonchev–Trinajstić information content (AvgIpc) is 2.84. The van der Waals surface area contributed by atoms with Crippen LogP contribution in [0.3, 0.4) is 0 Å². The van der Waals surface area contributed by atoms with Gasteiger partial charge in [0.25, 0.3) is 0 Å². The molecule has 9 heteroatoms. The van der Waals surface area contributed by atoms with Crippen LogP contribution in [0.25, 0.3) is 0 Å². The summed E-state index contributed by atoms with van der Waals surface area (Å²) in [6.45, 7) is 5.49. The number of hydrogen-bond acceptors (Lipinski definition) is 7. The third kappa shape index (κ3) is 7.60. The highest BCUT2D eigenvalue weighted by Gasteiger charge is 2.09. The number of morpholine rings is 1. The molecule has 170 valence electrons. The summed E-state index contributed by atoms with van der Waals surface area (Å²) in [5.41, 5.74) is 5.10. The summed E-state index contributed by atoms with van der Waals surface area (Å²) >= 11 is 5.28. The van der Waals surface area contributed by atoms with Crippen LogP contribution in [0, 0.1) is 0 Å². The van der Waals surface area contributed by atoms with Crippen molar-refractivity contribution in [3.8, 4) is 5.75 Å². The number of rotatable bonds is 9. The van der Waals surface area contributed by atoms with Crippen molar-refractivity contribution < 1.29 is 19.0 Å². The maximum absolute atomic E-state index is 11.5. The second-order valence-electron chi connectivity index (χ2n) is 7.09. The van der Waals surface area contributed by atoms with Gasteiger partial charge in [-0.3, -0.25) is 10.3 Å². The number of para-hydroxylation sites is 1. The molecule has 1 heterocycles. The van der Waals surface area contributed by atoms with Crippen LogP contribution in [0.2, 0.25) is 0 Å². The molecule has 0 amide bonds. The number of nitrogens with zero attached hydrogens (tertiary/aromatic N) is 2. The minimum atomic E-state index is -0.361. The van der Waals surface area contributed by atoms with Crippen LogP contribution in [0.5, 0.6) is 5.75 Å². The zero-order valence-electron chi connectivity index (χ0n) is 18.1. The fraction of sp³-hybridized carbons (Fsp3) is 0.348. The maximum atomic E-state index is 11.5. The average molecular weight is 457 g/mol. The van der Waals surface area contributed by atoms with Gasteiger partial charge in [-0.25, -0.2) is 4.79 Å². The van der Waals surface area contributed by atoms with Crippen molar-refractivity contribution in [2.75, 3.05) is 46.5 Å². The van der Waals surface area contributed by atoms with Crippen LogP contribution < -0.4 is 15.5 Å². The summed E-state index contributed by atoms with van der Waals surface area (Å²) in [4.78, 5) is 13.9. The SMILES string of the molecule is COC(=O)c1ccc(COc2ccccc2/C=N\NC(=S)NCCN2CCOCC2)cc1. The van der Waals surface area contributed by atoms with Crippen molar-refractivity contribution in [1.82, 2.24) is 15.6 Å². The predicted molar refractivity (Wildman–Crippen MR) is 127 cm³/mol. The molecule has 1 aliphatic rings. The molecule has 32 heavy (non-hydrogen) atoms. The Morgan fingerprint density at radius 3 is 2.69 bits per heavy atom. The zero-order chi connectivity index (χ0) is 22.6. The first-order chi connectivity index (χ1) is 15.7. The van der Waals surface area contributed by atoms with E-state index in [1.54, 1.807) is 18.3 Å².